The summed E-state index contributed by atoms with van der Waals surface area (Å²) in [5, 5.41) is 13.3. The third-order valence-electron chi connectivity index (χ3n) is 5.08. The molecule has 6 heteroatoms. The van der Waals surface area contributed by atoms with Crippen LogP contribution in [0.1, 0.15) is 28.9 Å². The molecule has 0 atom stereocenters. The molecule has 3 aromatic rings. The van der Waals surface area contributed by atoms with Crippen molar-refractivity contribution in [1.82, 2.24) is 9.88 Å². The first-order valence-corrected chi connectivity index (χ1v) is 10.7. The summed E-state index contributed by atoms with van der Waals surface area (Å²) in [6, 6.07) is 19.5. The van der Waals surface area contributed by atoms with Crippen LogP contribution >= 0.6 is 23.2 Å². The predicted molar refractivity (Wildman–Crippen MR) is 127 cm³/mol. The van der Waals surface area contributed by atoms with Gasteiger partial charge in [0.1, 0.15) is 11.6 Å². The summed E-state index contributed by atoms with van der Waals surface area (Å²) in [6.07, 6.45) is 3.29. The molecule has 1 aromatic heterocycles. The van der Waals surface area contributed by atoms with E-state index in [-0.39, 0.29) is 11.5 Å². The van der Waals surface area contributed by atoms with Gasteiger partial charge in [0.15, 0.2) is 0 Å². The zero-order valence-corrected chi connectivity index (χ0v) is 19.0. The fourth-order valence-corrected chi connectivity index (χ4v) is 3.89. The van der Waals surface area contributed by atoms with Crippen molar-refractivity contribution < 1.29 is 4.79 Å². The molecule has 0 fully saturated rings. The van der Waals surface area contributed by atoms with E-state index in [2.05, 4.69) is 17.4 Å². The lowest BCUT2D eigenvalue weighted by molar-refractivity contribution is -0.117. The normalized spacial score (nSPS) is 11.3. The molecule has 0 aliphatic heterocycles. The highest BCUT2D eigenvalue weighted by Gasteiger charge is 2.16. The number of nitriles is 1. The molecule has 1 amide bonds. The highest BCUT2D eigenvalue weighted by molar-refractivity contribution is 6.43. The second-order valence-electron chi connectivity index (χ2n) is 7.25. The first-order chi connectivity index (χ1) is 14.9. The number of nitrogens with zero attached hydrogens (tertiary/aromatic N) is 2. The molecule has 1 N–H and O–H groups in total. The molecule has 2 aromatic carbocycles. The lowest BCUT2D eigenvalue weighted by Gasteiger charge is -2.12. The van der Waals surface area contributed by atoms with E-state index < -0.39 is 0 Å². The van der Waals surface area contributed by atoms with Crippen LogP contribution in [0.5, 0.6) is 0 Å². The maximum Gasteiger partial charge on any atom is 0.261 e. The van der Waals surface area contributed by atoms with Crippen molar-refractivity contribution in [3.05, 3.63) is 92.7 Å². The summed E-state index contributed by atoms with van der Waals surface area (Å²) in [7, 11) is 0. The first-order valence-electron chi connectivity index (χ1n) is 9.99. The van der Waals surface area contributed by atoms with E-state index in [0.29, 0.717) is 16.6 Å². The standard InChI is InChI=1S/C25H23Cl2N3O/c1-17-14-20(18(2)30(17)23-12-6-11-22(26)24(23)27)15-21(16-28)25(31)29-13-7-10-19-8-4-3-5-9-19/h3-6,8-9,11-12,14-15H,7,10,13H2,1-2H3,(H,29,31)/b21-15-. The Morgan fingerprint density at radius 1 is 1.13 bits per heavy atom. The molecule has 4 nitrogen and oxygen atoms in total. The third-order valence-corrected chi connectivity index (χ3v) is 5.89. The number of hydrogen-bond donors (Lipinski definition) is 1. The Balaban J connectivity index is 1.74. The SMILES string of the molecule is Cc1cc(/C=C(/C#N)C(=O)NCCCc2ccccc2)c(C)n1-c1cccc(Cl)c1Cl. The van der Waals surface area contributed by atoms with Crippen LogP contribution in [0.4, 0.5) is 0 Å². The molecule has 3 rings (SSSR count). The molecule has 31 heavy (non-hydrogen) atoms. The average molecular weight is 452 g/mol. The molecule has 0 unspecified atom stereocenters. The smallest absolute Gasteiger partial charge is 0.261 e. The van der Waals surface area contributed by atoms with Gasteiger partial charge in [0.05, 0.1) is 15.7 Å². The molecule has 0 bridgehead atoms. The summed E-state index contributed by atoms with van der Waals surface area (Å²) >= 11 is 12.6. The minimum absolute atomic E-state index is 0.0668. The van der Waals surface area contributed by atoms with Gasteiger partial charge in [0.2, 0.25) is 0 Å². The number of aromatic nitrogens is 1. The monoisotopic (exact) mass is 451 g/mol. The van der Waals surface area contributed by atoms with E-state index in [1.54, 1.807) is 12.1 Å². The van der Waals surface area contributed by atoms with Gasteiger partial charge >= 0.3 is 0 Å². The molecular formula is C25H23Cl2N3O. The van der Waals surface area contributed by atoms with Crippen molar-refractivity contribution >= 4 is 35.2 Å². The molecule has 0 saturated heterocycles. The Kier molecular flexibility index (Phi) is 7.57. The third kappa shape index (κ3) is 5.38. The Hall–Kier alpha value is -3.00. The van der Waals surface area contributed by atoms with Crippen LogP contribution in [0.2, 0.25) is 10.0 Å². The quantitative estimate of drug-likeness (QED) is 0.269. The minimum atomic E-state index is -0.374. The first kappa shape index (κ1) is 22.7. The largest absolute Gasteiger partial charge is 0.351 e. The lowest BCUT2D eigenvalue weighted by Crippen LogP contribution is -2.25. The highest BCUT2D eigenvalue weighted by atomic mass is 35.5. The molecule has 1 heterocycles. The van der Waals surface area contributed by atoms with E-state index in [1.807, 2.05) is 60.9 Å². The number of benzene rings is 2. The molecule has 0 saturated carbocycles. The van der Waals surface area contributed by atoms with Crippen molar-refractivity contribution in [2.24, 2.45) is 0 Å². The number of carbonyl (C=O) groups excluding carboxylic acids is 1. The molecule has 0 aliphatic rings. The van der Waals surface area contributed by atoms with Gasteiger partial charge in [-0.05, 0) is 62.1 Å². The minimum Gasteiger partial charge on any atom is -0.351 e. The lowest BCUT2D eigenvalue weighted by atomic mass is 10.1. The molecule has 158 valence electrons. The van der Waals surface area contributed by atoms with Crippen molar-refractivity contribution in [1.29, 1.82) is 5.26 Å². The molecule has 0 radical (unpaired) electrons. The number of rotatable bonds is 7. The van der Waals surface area contributed by atoms with Gasteiger partial charge in [-0.25, -0.2) is 0 Å². The maximum absolute atomic E-state index is 12.5. The molecule has 0 spiro atoms. The van der Waals surface area contributed by atoms with Crippen LogP contribution in [0, 0.1) is 25.2 Å². The van der Waals surface area contributed by atoms with Crippen molar-refractivity contribution in [3.63, 3.8) is 0 Å². The van der Waals surface area contributed by atoms with Crippen molar-refractivity contribution in [2.45, 2.75) is 26.7 Å². The summed E-state index contributed by atoms with van der Waals surface area (Å²) in [5.74, 6) is -0.374. The van der Waals surface area contributed by atoms with Gasteiger partial charge in [-0.1, -0.05) is 59.6 Å². The van der Waals surface area contributed by atoms with Gasteiger partial charge in [0.25, 0.3) is 5.91 Å². The zero-order valence-electron chi connectivity index (χ0n) is 17.5. The van der Waals surface area contributed by atoms with E-state index in [0.717, 1.165) is 35.5 Å². The molecular weight excluding hydrogens is 429 g/mol. The Morgan fingerprint density at radius 2 is 1.87 bits per heavy atom. The number of hydrogen-bond acceptors (Lipinski definition) is 2. The van der Waals surface area contributed by atoms with Gasteiger partial charge in [-0.3, -0.25) is 4.79 Å². The summed E-state index contributed by atoms with van der Waals surface area (Å²) in [6.45, 7) is 4.37. The molecule has 0 aliphatic carbocycles. The second-order valence-corrected chi connectivity index (χ2v) is 8.03. The number of halogens is 2. The summed E-state index contributed by atoms with van der Waals surface area (Å²) in [4.78, 5) is 12.5. The van der Waals surface area contributed by atoms with Crippen LogP contribution in [0.25, 0.3) is 11.8 Å². The van der Waals surface area contributed by atoms with E-state index >= 15 is 0 Å². The number of carbonyl (C=O) groups is 1. The Labute approximate surface area is 192 Å². The number of amides is 1. The van der Waals surface area contributed by atoms with Gasteiger partial charge in [-0.2, -0.15) is 5.26 Å². The van der Waals surface area contributed by atoms with Crippen LogP contribution in [-0.2, 0) is 11.2 Å². The fraction of sp³-hybridized carbons (Fsp3) is 0.200. The predicted octanol–water partition coefficient (Wildman–Crippen LogP) is 6.06. The Morgan fingerprint density at radius 3 is 2.58 bits per heavy atom. The van der Waals surface area contributed by atoms with Crippen LogP contribution in [0.15, 0.2) is 60.2 Å². The maximum atomic E-state index is 12.5. The van der Waals surface area contributed by atoms with Crippen LogP contribution in [0.3, 0.4) is 0 Å². The van der Waals surface area contributed by atoms with Gasteiger partial charge < -0.3 is 9.88 Å². The number of aryl methyl sites for hydroxylation is 2. The van der Waals surface area contributed by atoms with E-state index in [4.69, 9.17) is 23.2 Å². The van der Waals surface area contributed by atoms with Crippen molar-refractivity contribution in [3.8, 4) is 11.8 Å². The van der Waals surface area contributed by atoms with Gasteiger partial charge in [-0.15, -0.1) is 0 Å². The Bertz CT molecular complexity index is 1160. The topological polar surface area (TPSA) is 57.8 Å². The van der Waals surface area contributed by atoms with E-state index in [9.17, 15) is 10.1 Å². The summed E-state index contributed by atoms with van der Waals surface area (Å²) < 4.78 is 1.97. The average Bonchev–Trinajstić information content (AvgIpc) is 3.05. The second kappa shape index (κ2) is 10.3. The fourth-order valence-electron chi connectivity index (χ4n) is 3.51. The van der Waals surface area contributed by atoms with Crippen LogP contribution in [-0.4, -0.2) is 17.0 Å². The number of nitrogens with one attached hydrogen (secondary N) is 1. The summed E-state index contributed by atoms with van der Waals surface area (Å²) in [5.41, 5.74) is 4.62. The van der Waals surface area contributed by atoms with Gasteiger partial charge in [0, 0.05) is 17.9 Å². The highest BCUT2D eigenvalue weighted by Crippen LogP contribution is 2.32. The zero-order chi connectivity index (χ0) is 22.4. The van der Waals surface area contributed by atoms with Crippen molar-refractivity contribution in [2.75, 3.05) is 6.54 Å². The van der Waals surface area contributed by atoms with E-state index in [1.165, 1.54) is 5.56 Å². The van der Waals surface area contributed by atoms with Crippen LogP contribution < -0.4 is 5.32 Å².